The lowest BCUT2D eigenvalue weighted by Crippen LogP contribution is -2.35. The van der Waals surface area contributed by atoms with Crippen molar-refractivity contribution >= 4 is 33.4 Å². The summed E-state index contributed by atoms with van der Waals surface area (Å²) in [4.78, 5) is 12.2. The van der Waals surface area contributed by atoms with Crippen LogP contribution in [0.4, 0.5) is 5.69 Å². The molecule has 0 spiro atoms. The van der Waals surface area contributed by atoms with Gasteiger partial charge in [0, 0.05) is 30.2 Å². The summed E-state index contributed by atoms with van der Waals surface area (Å²) in [6.45, 7) is 5.71. The Labute approximate surface area is 169 Å². The van der Waals surface area contributed by atoms with Gasteiger partial charge in [-0.3, -0.25) is 4.79 Å². The number of ether oxygens (including phenoxy) is 1. The van der Waals surface area contributed by atoms with Gasteiger partial charge < -0.3 is 14.6 Å². The lowest BCUT2D eigenvalue weighted by molar-refractivity contribution is -0.113. The molecule has 0 fully saturated rings. The molecule has 0 bridgehead atoms. The summed E-state index contributed by atoms with van der Waals surface area (Å²) >= 11 is 1.46. The average molecular weight is 428 g/mol. The highest BCUT2D eigenvalue weighted by atomic mass is 32.2. The van der Waals surface area contributed by atoms with E-state index in [0.29, 0.717) is 11.4 Å². The standard InChI is InChI=1S/C18H25N3O5S2/c1-12(9-25-4)21-28(23,24)16-7-5-15(6-8-16)19-18(22)11-27-10-17-13(2)20-26-14(17)3/h5-8,12,21H,9-11H2,1-4H3,(H,19,22). The quantitative estimate of drug-likeness (QED) is 0.599. The first-order chi connectivity index (χ1) is 13.2. The fourth-order valence-electron chi connectivity index (χ4n) is 2.49. The molecule has 1 unspecified atom stereocenters. The summed E-state index contributed by atoms with van der Waals surface area (Å²) in [6, 6.07) is 5.69. The minimum Gasteiger partial charge on any atom is -0.383 e. The lowest BCUT2D eigenvalue weighted by atomic mass is 10.2. The predicted octanol–water partition coefficient (Wildman–Crippen LogP) is 2.48. The second-order valence-corrected chi connectivity index (χ2v) is 9.05. The number of amides is 1. The monoisotopic (exact) mass is 427 g/mol. The molecule has 0 aliphatic rings. The Morgan fingerprint density at radius 2 is 1.96 bits per heavy atom. The van der Waals surface area contributed by atoms with Crippen molar-refractivity contribution in [3.63, 3.8) is 0 Å². The molecule has 2 N–H and O–H groups in total. The van der Waals surface area contributed by atoms with Crippen LogP contribution in [0.25, 0.3) is 0 Å². The Morgan fingerprint density at radius 3 is 2.54 bits per heavy atom. The van der Waals surface area contributed by atoms with E-state index < -0.39 is 10.0 Å². The van der Waals surface area contributed by atoms with Crippen molar-refractivity contribution in [2.45, 2.75) is 37.5 Å². The number of hydrogen-bond donors (Lipinski definition) is 2. The third-order valence-corrected chi connectivity index (χ3v) is 6.45. The number of anilines is 1. The van der Waals surface area contributed by atoms with Crippen LogP contribution in [0.2, 0.25) is 0 Å². The van der Waals surface area contributed by atoms with Crippen molar-refractivity contribution in [3.05, 3.63) is 41.3 Å². The molecule has 0 saturated carbocycles. The molecule has 28 heavy (non-hydrogen) atoms. The van der Waals surface area contributed by atoms with Gasteiger partial charge in [-0.2, -0.15) is 0 Å². The first-order valence-corrected chi connectivity index (χ1v) is 11.3. The summed E-state index contributed by atoms with van der Waals surface area (Å²) in [5.74, 6) is 1.49. The fourth-order valence-corrected chi connectivity index (χ4v) is 4.69. The van der Waals surface area contributed by atoms with Crippen LogP contribution in [-0.4, -0.2) is 45.0 Å². The number of benzene rings is 1. The Morgan fingerprint density at radius 1 is 1.29 bits per heavy atom. The normalized spacial score (nSPS) is 12.7. The van der Waals surface area contributed by atoms with E-state index in [1.165, 1.54) is 31.0 Å². The maximum absolute atomic E-state index is 12.3. The summed E-state index contributed by atoms with van der Waals surface area (Å²) in [5, 5.41) is 6.64. The van der Waals surface area contributed by atoms with E-state index >= 15 is 0 Å². The summed E-state index contributed by atoms with van der Waals surface area (Å²) < 4.78 is 37.1. The van der Waals surface area contributed by atoms with Gasteiger partial charge in [-0.15, -0.1) is 11.8 Å². The van der Waals surface area contributed by atoms with Gasteiger partial charge in [0.1, 0.15) is 5.76 Å². The van der Waals surface area contributed by atoms with Gasteiger partial charge in [0.25, 0.3) is 0 Å². The van der Waals surface area contributed by atoms with Crippen molar-refractivity contribution in [1.82, 2.24) is 9.88 Å². The molecule has 0 saturated heterocycles. The van der Waals surface area contributed by atoms with E-state index in [4.69, 9.17) is 9.26 Å². The maximum atomic E-state index is 12.3. The van der Waals surface area contributed by atoms with Crippen LogP contribution in [-0.2, 0) is 25.3 Å². The van der Waals surface area contributed by atoms with Crippen LogP contribution in [0, 0.1) is 13.8 Å². The molecule has 1 atom stereocenters. The number of carbonyl (C=O) groups excluding carboxylic acids is 1. The first-order valence-electron chi connectivity index (χ1n) is 8.63. The van der Waals surface area contributed by atoms with Gasteiger partial charge in [0.15, 0.2) is 0 Å². The van der Waals surface area contributed by atoms with Gasteiger partial charge >= 0.3 is 0 Å². The van der Waals surface area contributed by atoms with Crippen LogP contribution in [0.3, 0.4) is 0 Å². The maximum Gasteiger partial charge on any atom is 0.240 e. The van der Waals surface area contributed by atoms with Gasteiger partial charge in [-0.1, -0.05) is 5.16 Å². The number of aromatic nitrogens is 1. The predicted molar refractivity (Wildman–Crippen MR) is 109 cm³/mol. The van der Waals surface area contributed by atoms with Gasteiger partial charge in [0.05, 0.1) is 22.9 Å². The average Bonchev–Trinajstić information content (AvgIpc) is 2.94. The number of hydrogen-bond acceptors (Lipinski definition) is 7. The molecule has 0 aliphatic heterocycles. The largest absolute Gasteiger partial charge is 0.383 e. The van der Waals surface area contributed by atoms with Crippen molar-refractivity contribution in [2.24, 2.45) is 0 Å². The number of methoxy groups -OCH3 is 1. The molecule has 2 aromatic rings. The third-order valence-electron chi connectivity index (χ3n) is 3.88. The number of thioether (sulfide) groups is 1. The van der Waals surface area contributed by atoms with Crippen molar-refractivity contribution < 1.29 is 22.5 Å². The molecule has 10 heteroatoms. The minimum absolute atomic E-state index is 0.126. The van der Waals surface area contributed by atoms with Crippen LogP contribution in [0.1, 0.15) is 23.9 Å². The summed E-state index contributed by atoms with van der Waals surface area (Å²) in [6.07, 6.45) is 0. The second kappa shape index (κ2) is 10.1. The number of aryl methyl sites for hydroxylation is 2. The molecule has 1 amide bonds. The minimum atomic E-state index is -3.64. The van der Waals surface area contributed by atoms with Gasteiger partial charge in [-0.05, 0) is 45.0 Å². The molecule has 1 aromatic heterocycles. The number of rotatable bonds is 10. The highest BCUT2D eigenvalue weighted by molar-refractivity contribution is 7.99. The number of nitrogens with one attached hydrogen (secondary N) is 2. The Balaban J connectivity index is 1.87. The number of sulfonamides is 1. The number of carbonyl (C=O) groups is 1. The van der Waals surface area contributed by atoms with Crippen LogP contribution in [0.15, 0.2) is 33.7 Å². The molecule has 1 aromatic carbocycles. The third kappa shape index (κ3) is 6.33. The first kappa shape index (κ1) is 22.4. The Hall–Kier alpha value is -1.88. The van der Waals surface area contributed by atoms with E-state index in [0.717, 1.165) is 17.0 Å². The molecule has 1 heterocycles. The summed E-state index contributed by atoms with van der Waals surface area (Å²) in [7, 11) is -2.13. The zero-order valence-corrected chi connectivity index (χ0v) is 17.9. The highest BCUT2D eigenvalue weighted by Gasteiger charge is 2.17. The van der Waals surface area contributed by atoms with Gasteiger partial charge in [0.2, 0.25) is 15.9 Å². The van der Waals surface area contributed by atoms with E-state index in [1.807, 2.05) is 13.8 Å². The molecule has 0 radical (unpaired) electrons. The van der Waals surface area contributed by atoms with Crippen LogP contribution in [0.5, 0.6) is 0 Å². The molecular weight excluding hydrogens is 402 g/mol. The fraction of sp³-hybridized carbons (Fsp3) is 0.444. The summed E-state index contributed by atoms with van der Waals surface area (Å²) in [5.41, 5.74) is 2.37. The second-order valence-electron chi connectivity index (χ2n) is 6.35. The molecule has 154 valence electrons. The van der Waals surface area contributed by atoms with Crippen LogP contribution >= 0.6 is 11.8 Å². The van der Waals surface area contributed by atoms with E-state index in [1.54, 1.807) is 19.1 Å². The molecular formula is C18H25N3O5S2. The highest BCUT2D eigenvalue weighted by Crippen LogP contribution is 2.20. The molecule has 2 rings (SSSR count). The van der Waals surface area contributed by atoms with Crippen molar-refractivity contribution in [3.8, 4) is 0 Å². The Bertz CT molecular complexity index is 875. The van der Waals surface area contributed by atoms with E-state index in [9.17, 15) is 13.2 Å². The van der Waals surface area contributed by atoms with Crippen molar-refractivity contribution in [1.29, 1.82) is 0 Å². The van der Waals surface area contributed by atoms with E-state index in [2.05, 4.69) is 15.2 Å². The van der Waals surface area contributed by atoms with Crippen molar-refractivity contribution in [2.75, 3.05) is 24.8 Å². The Kier molecular flexibility index (Phi) is 8.05. The SMILES string of the molecule is COCC(C)NS(=O)(=O)c1ccc(NC(=O)CSCc2c(C)noc2C)cc1. The zero-order valence-electron chi connectivity index (χ0n) is 16.3. The zero-order chi connectivity index (χ0) is 20.7. The lowest BCUT2D eigenvalue weighted by Gasteiger charge is -2.13. The topological polar surface area (TPSA) is 111 Å². The smallest absolute Gasteiger partial charge is 0.240 e. The molecule has 8 nitrogen and oxygen atoms in total. The molecule has 0 aliphatic carbocycles. The van der Waals surface area contributed by atoms with E-state index in [-0.39, 0.29) is 29.2 Å². The van der Waals surface area contributed by atoms with Gasteiger partial charge in [-0.25, -0.2) is 13.1 Å². The van der Waals surface area contributed by atoms with Crippen LogP contribution < -0.4 is 10.0 Å². The number of nitrogens with zero attached hydrogens (tertiary/aromatic N) is 1.